The van der Waals surface area contributed by atoms with Gasteiger partial charge in [-0.05, 0) is 43.1 Å². The van der Waals surface area contributed by atoms with Gasteiger partial charge in [-0.25, -0.2) is 9.18 Å². The molecular weight excluding hydrogens is 399 g/mol. The van der Waals surface area contributed by atoms with Gasteiger partial charge in [0.1, 0.15) is 11.4 Å². The number of halogens is 1. The number of imide groups is 1. The number of hydrazine groups is 1. The highest BCUT2D eigenvalue weighted by atomic mass is 19.1. The summed E-state index contributed by atoms with van der Waals surface area (Å²) in [5, 5.41) is 3.49. The van der Waals surface area contributed by atoms with Gasteiger partial charge in [-0.15, -0.1) is 0 Å². The van der Waals surface area contributed by atoms with E-state index in [9.17, 15) is 18.8 Å². The quantitative estimate of drug-likeness (QED) is 0.636. The minimum atomic E-state index is -1.21. The van der Waals surface area contributed by atoms with Gasteiger partial charge in [-0.1, -0.05) is 56.3 Å². The Labute approximate surface area is 181 Å². The van der Waals surface area contributed by atoms with Crippen molar-refractivity contribution < 1.29 is 18.8 Å². The number of nitrogens with one attached hydrogen (secondary N) is 2. The van der Waals surface area contributed by atoms with Crippen LogP contribution >= 0.6 is 0 Å². The molecule has 2 aromatic rings. The van der Waals surface area contributed by atoms with Crippen molar-refractivity contribution in [2.75, 3.05) is 13.1 Å². The second-order valence-electron chi connectivity index (χ2n) is 7.52. The molecule has 0 bridgehead atoms. The molecule has 2 unspecified atom stereocenters. The minimum Gasteiger partial charge on any atom is -0.318 e. The predicted octanol–water partition coefficient (Wildman–Crippen LogP) is 3.10. The fourth-order valence-electron chi connectivity index (χ4n) is 3.86. The first-order valence-electron chi connectivity index (χ1n) is 10.3. The molecule has 0 saturated carbocycles. The highest BCUT2D eigenvalue weighted by molar-refractivity contribution is 6.08. The third-order valence-electron chi connectivity index (χ3n) is 5.78. The Bertz CT molecular complexity index is 951. The van der Waals surface area contributed by atoms with E-state index in [-0.39, 0.29) is 18.4 Å². The van der Waals surface area contributed by atoms with Crippen molar-refractivity contribution in [1.82, 2.24) is 20.7 Å². The van der Waals surface area contributed by atoms with Crippen LogP contribution in [0.15, 0.2) is 54.6 Å². The van der Waals surface area contributed by atoms with E-state index in [4.69, 9.17) is 0 Å². The number of likely N-dealkylation sites (N-methyl/N-ethyl adjacent to an activating group) is 1. The highest BCUT2D eigenvalue weighted by Gasteiger charge is 2.52. The van der Waals surface area contributed by atoms with Crippen molar-refractivity contribution >= 4 is 17.8 Å². The van der Waals surface area contributed by atoms with Gasteiger partial charge in [0.15, 0.2) is 0 Å². The molecule has 2 N–H and O–H groups in total. The highest BCUT2D eigenvalue weighted by Crippen LogP contribution is 2.31. The SMILES string of the molecule is CCN(CC(=O)NN1C(=O)NC(CC)(c2ccccc2)C1=O)C(C)c1ccc(F)cc1. The Kier molecular flexibility index (Phi) is 6.70. The molecule has 1 heterocycles. The molecule has 8 heteroatoms. The minimum absolute atomic E-state index is 0.0312. The largest absolute Gasteiger partial charge is 0.344 e. The lowest BCUT2D eigenvalue weighted by molar-refractivity contribution is -0.140. The molecule has 4 amide bonds. The molecule has 0 aromatic heterocycles. The summed E-state index contributed by atoms with van der Waals surface area (Å²) in [6.07, 6.45) is 0.344. The zero-order valence-electron chi connectivity index (χ0n) is 17.9. The average Bonchev–Trinajstić information content (AvgIpc) is 3.03. The van der Waals surface area contributed by atoms with Gasteiger partial charge in [0.05, 0.1) is 6.54 Å². The number of urea groups is 1. The fourth-order valence-corrected chi connectivity index (χ4v) is 3.86. The number of nitrogens with zero attached hydrogens (tertiary/aromatic N) is 2. The van der Waals surface area contributed by atoms with Gasteiger partial charge in [0, 0.05) is 6.04 Å². The van der Waals surface area contributed by atoms with Crippen LogP contribution < -0.4 is 10.7 Å². The molecule has 2 atom stereocenters. The molecule has 3 rings (SSSR count). The monoisotopic (exact) mass is 426 g/mol. The lowest BCUT2D eigenvalue weighted by atomic mass is 9.87. The molecule has 2 aromatic carbocycles. The van der Waals surface area contributed by atoms with Crippen molar-refractivity contribution in [3.05, 3.63) is 71.5 Å². The lowest BCUT2D eigenvalue weighted by Gasteiger charge is -2.28. The Morgan fingerprint density at radius 1 is 1.13 bits per heavy atom. The topological polar surface area (TPSA) is 81.8 Å². The van der Waals surface area contributed by atoms with E-state index in [1.807, 2.05) is 24.8 Å². The fraction of sp³-hybridized carbons (Fsp3) is 0.348. The van der Waals surface area contributed by atoms with Crippen LogP contribution in [0.2, 0.25) is 0 Å². The number of carbonyl (C=O) groups excluding carboxylic acids is 3. The molecule has 0 aliphatic carbocycles. The molecule has 1 saturated heterocycles. The second kappa shape index (κ2) is 9.26. The van der Waals surface area contributed by atoms with Gasteiger partial charge in [-0.2, -0.15) is 5.01 Å². The molecule has 1 aliphatic heterocycles. The summed E-state index contributed by atoms with van der Waals surface area (Å²) in [6, 6.07) is 14.2. The molecule has 7 nitrogen and oxygen atoms in total. The first-order valence-corrected chi connectivity index (χ1v) is 10.3. The number of carbonyl (C=O) groups is 3. The summed E-state index contributed by atoms with van der Waals surface area (Å²) >= 11 is 0. The number of amides is 4. The van der Waals surface area contributed by atoms with E-state index in [2.05, 4.69) is 10.7 Å². The number of hydrogen-bond donors (Lipinski definition) is 2. The summed E-state index contributed by atoms with van der Waals surface area (Å²) in [7, 11) is 0. The van der Waals surface area contributed by atoms with Crippen molar-refractivity contribution in [3.8, 4) is 0 Å². The first kappa shape index (κ1) is 22.4. The van der Waals surface area contributed by atoms with Gasteiger partial charge >= 0.3 is 6.03 Å². The van der Waals surface area contributed by atoms with Gasteiger partial charge in [0.2, 0.25) is 0 Å². The first-order chi connectivity index (χ1) is 14.8. The third kappa shape index (κ3) is 4.44. The number of rotatable bonds is 8. The van der Waals surface area contributed by atoms with Crippen molar-refractivity contribution in [3.63, 3.8) is 0 Å². The van der Waals surface area contributed by atoms with Crippen molar-refractivity contribution in [2.24, 2.45) is 0 Å². The van der Waals surface area contributed by atoms with Crippen LogP contribution in [-0.2, 0) is 15.1 Å². The van der Waals surface area contributed by atoms with E-state index >= 15 is 0 Å². The number of benzene rings is 2. The van der Waals surface area contributed by atoms with Crippen LogP contribution in [-0.4, -0.2) is 40.8 Å². The van der Waals surface area contributed by atoms with Gasteiger partial charge < -0.3 is 5.32 Å². The van der Waals surface area contributed by atoms with Crippen LogP contribution in [0.5, 0.6) is 0 Å². The molecule has 164 valence electrons. The van der Waals surface area contributed by atoms with Gasteiger partial charge in [0.25, 0.3) is 11.8 Å². The summed E-state index contributed by atoms with van der Waals surface area (Å²) in [5.74, 6) is -1.33. The zero-order chi connectivity index (χ0) is 22.6. The average molecular weight is 426 g/mol. The molecule has 0 spiro atoms. The van der Waals surface area contributed by atoms with Crippen LogP contribution in [0, 0.1) is 5.82 Å². The van der Waals surface area contributed by atoms with Crippen molar-refractivity contribution in [2.45, 2.75) is 38.8 Å². The normalized spacial score (nSPS) is 19.5. The predicted molar refractivity (Wildman–Crippen MR) is 114 cm³/mol. The molecule has 1 fully saturated rings. The van der Waals surface area contributed by atoms with E-state index in [0.717, 1.165) is 10.6 Å². The third-order valence-corrected chi connectivity index (χ3v) is 5.78. The summed E-state index contributed by atoms with van der Waals surface area (Å²) in [4.78, 5) is 40.2. The maximum Gasteiger partial charge on any atom is 0.344 e. The molecule has 0 radical (unpaired) electrons. The Morgan fingerprint density at radius 3 is 2.35 bits per heavy atom. The molecule has 1 aliphatic rings. The standard InChI is InChI=1S/C23H27FN4O3/c1-4-23(18-9-7-6-8-10-18)21(30)28(22(31)25-23)26-20(29)15-27(5-2)16(3)17-11-13-19(24)14-12-17/h6-14,16H,4-5,15H2,1-3H3,(H,25,31)(H,26,29). The number of hydrogen-bond acceptors (Lipinski definition) is 4. The lowest BCUT2D eigenvalue weighted by Crippen LogP contribution is -2.51. The second-order valence-corrected chi connectivity index (χ2v) is 7.52. The van der Waals surface area contributed by atoms with Gasteiger partial charge in [-0.3, -0.25) is 19.9 Å². The smallest absolute Gasteiger partial charge is 0.318 e. The summed E-state index contributed by atoms with van der Waals surface area (Å²) in [6.45, 7) is 6.14. The maximum atomic E-state index is 13.2. The Balaban J connectivity index is 1.71. The van der Waals surface area contributed by atoms with Crippen LogP contribution in [0.25, 0.3) is 0 Å². The van der Waals surface area contributed by atoms with Crippen molar-refractivity contribution in [1.29, 1.82) is 0 Å². The summed E-state index contributed by atoms with van der Waals surface area (Å²) in [5.41, 5.74) is 2.76. The van der Waals surface area contributed by atoms with Crippen LogP contribution in [0.1, 0.15) is 44.4 Å². The summed E-state index contributed by atoms with van der Waals surface area (Å²) < 4.78 is 13.2. The Morgan fingerprint density at radius 2 is 1.77 bits per heavy atom. The molecular formula is C23H27FN4O3. The zero-order valence-corrected chi connectivity index (χ0v) is 17.9. The van der Waals surface area contributed by atoms with E-state index < -0.39 is 23.4 Å². The molecule has 31 heavy (non-hydrogen) atoms. The van der Waals surface area contributed by atoms with Crippen LogP contribution in [0.3, 0.4) is 0 Å². The van der Waals surface area contributed by atoms with E-state index in [1.54, 1.807) is 43.3 Å². The van der Waals surface area contributed by atoms with Crippen LogP contribution in [0.4, 0.5) is 9.18 Å². The van der Waals surface area contributed by atoms with E-state index in [0.29, 0.717) is 18.5 Å². The Hall–Kier alpha value is -3.26. The maximum absolute atomic E-state index is 13.2. The van der Waals surface area contributed by atoms with E-state index in [1.165, 1.54) is 12.1 Å².